The third kappa shape index (κ3) is 5.80. The van der Waals surface area contributed by atoms with E-state index in [-0.39, 0.29) is 0 Å². The van der Waals surface area contributed by atoms with Crippen LogP contribution in [0.3, 0.4) is 0 Å². The van der Waals surface area contributed by atoms with E-state index in [0.29, 0.717) is 12.1 Å². The Morgan fingerprint density at radius 1 is 1.32 bits per heavy atom. The molecule has 3 atom stereocenters. The molecule has 1 aliphatic carbocycles. The van der Waals surface area contributed by atoms with Crippen molar-refractivity contribution in [3.8, 4) is 0 Å². The van der Waals surface area contributed by atoms with Crippen molar-refractivity contribution in [2.45, 2.75) is 59.0 Å². The lowest BCUT2D eigenvalue weighted by Crippen LogP contribution is -2.54. The molecular formula is C16H34N2O. The summed E-state index contributed by atoms with van der Waals surface area (Å²) < 4.78 is 5.30. The van der Waals surface area contributed by atoms with Gasteiger partial charge in [-0.2, -0.15) is 0 Å². The Bertz CT molecular complexity index is 233. The zero-order valence-electron chi connectivity index (χ0n) is 13.6. The number of methoxy groups -OCH3 is 1. The van der Waals surface area contributed by atoms with Gasteiger partial charge in [-0.25, -0.2) is 0 Å². The minimum absolute atomic E-state index is 0.664. The summed E-state index contributed by atoms with van der Waals surface area (Å²) in [6, 6.07) is 1.35. The molecule has 1 aliphatic rings. The number of ether oxygens (including phenoxy) is 1. The third-order valence-electron chi connectivity index (χ3n) is 4.20. The van der Waals surface area contributed by atoms with Gasteiger partial charge in [0.15, 0.2) is 0 Å². The molecule has 0 heterocycles. The minimum atomic E-state index is 0.664. The predicted octanol–water partition coefficient (Wildman–Crippen LogP) is 2.76. The van der Waals surface area contributed by atoms with Gasteiger partial charge < -0.3 is 10.1 Å². The van der Waals surface area contributed by atoms with Gasteiger partial charge in [-0.05, 0) is 37.6 Å². The van der Waals surface area contributed by atoms with E-state index < -0.39 is 0 Å². The molecule has 0 bridgehead atoms. The first-order valence-corrected chi connectivity index (χ1v) is 8.04. The van der Waals surface area contributed by atoms with Crippen molar-refractivity contribution in [2.75, 3.05) is 33.4 Å². The SMILES string of the molecule is CCNC1CCC(C)CC1N(CCOC)CC(C)C. The van der Waals surface area contributed by atoms with Crippen LogP contribution >= 0.6 is 0 Å². The van der Waals surface area contributed by atoms with Crippen molar-refractivity contribution in [3.05, 3.63) is 0 Å². The zero-order valence-corrected chi connectivity index (χ0v) is 13.6. The van der Waals surface area contributed by atoms with Crippen LogP contribution in [0.5, 0.6) is 0 Å². The van der Waals surface area contributed by atoms with Crippen LogP contribution in [0.15, 0.2) is 0 Å². The number of hydrogen-bond donors (Lipinski definition) is 1. The molecule has 0 spiro atoms. The molecule has 0 radical (unpaired) electrons. The highest BCUT2D eigenvalue weighted by Gasteiger charge is 2.32. The smallest absolute Gasteiger partial charge is 0.0589 e. The topological polar surface area (TPSA) is 24.5 Å². The summed E-state index contributed by atoms with van der Waals surface area (Å²) in [4.78, 5) is 2.66. The Labute approximate surface area is 120 Å². The average molecular weight is 270 g/mol. The number of nitrogens with zero attached hydrogens (tertiary/aromatic N) is 1. The van der Waals surface area contributed by atoms with Gasteiger partial charge in [0.25, 0.3) is 0 Å². The second kappa shape index (κ2) is 8.93. The summed E-state index contributed by atoms with van der Waals surface area (Å²) in [6.45, 7) is 13.4. The maximum absolute atomic E-state index is 5.30. The van der Waals surface area contributed by atoms with Crippen LogP contribution in [0.4, 0.5) is 0 Å². The third-order valence-corrected chi connectivity index (χ3v) is 4.20. The minimum Gasteiger partial charge on any atom is -0.383 e. The molecule has 0 aromatic carbocycles. The largest absolute Gasteiger partial charge is 0.383 e. The van der Waals surface area contributed by atoms with Crippen molar-refractivity contribution in [3.63, 3.8) is 0 Å². The van der Waals surface area contributed by atoms with E-state index in [1.165, 1.54) is 25.8 Å². The highest BCUT2D eigenvalue weighted by atomic mass is 16.5. The van der Waals surface area contributed by atoms with Crippen molar-refractivity contribution < 1.29 is 4.74 Å². The molecule has 0 aromatic rings. The van der Waals surface area contributed by atoms with E-state index >= 15 is 0 Å². The fourth-order valence-electron chi connectivity index (χ4n) is 3.32. The molecule has 3 heteroatoms. The van der Waals surface area contributed by atoms with Crippen molar-refractivity contribution in [1.29, 1.82) is 0 Å². The van der Waals surface area contributed by atoms with Crippen LogP contribution < -0.4 is 5.32 Å². The summed E-state index contributed by atoms with van der Waals surface area (Å²) in [5, 5.41) is 3.70. The number of nitrogens with one attached hydrogen (secondary N) is 1. The van der Waals surface area contributed by atoms with E-state index in [9.17, 15) is 0 Å². The van der Waals surface area contributed by atoms with Gasteiger partial charge in [-0.15, -0.1) is 0 Å². The van der Waals surface area contributed by atoms with Crippen LogP contribution in [-0.2, 0) is 4.74 Å². The van der Waals surface area contributed by atoms with Crippen molar-refractivity contribution in [2.24, 2.45) is 11.8 Å². The standard InChI is InChI=1S/C16H34N2O/c1-6-17-15-8-7-14(4)11-16(15)18(9-10-19-5)12-13(2)3/h13-17H,6-12H2,1-5H3. The van der Waals surface area contributed by atoms with Gasteiger partial charge in [-0.3, -0.25) is 4.90 Å². The Hall–Kier alpha value is -0.120. The van der Waals surface area contributed by atoms with E-state index in [1.807, 2.05) is 0 Å². The lowest BCUT2D eigenvalue weighted by Gasteiger charge is -2.43. The molecule has 114 valence electrons. The van der Waals surface area contributed by atoms with Gasteiger partial charge in [0.1, 0.15) is 0 Å². The Morgan fingerprint density at radius 2 is 2.05 bits per heavy atom. The first kappa shape index (κ1) is 16.9. The average Bonchev–Trinajstić information content (AvgIpc) is 2.36. The second-order valence-corrected chi connectivity index (χ2v) is 6.53. The summed E-state index contributed by atoms with van der Waals surface area (Å²) in [5.74, 6) is 1.58. The Balaban J connectivity index is 2.68. The highest BCUT2D eigenvalue weighted by molar-refractivity contribution is 4.90. The zero-order chi connectivity index (χ0) is 14.3. The van der Waals surface area contributed by atoms with Crippen LogP contribution in [-0.4, -0.2) is 50.3 Å². The van der Waals surface area contributed by atoms with Gasteiger partial charge in [0, 0.05) is 32.3 Å². The molecule has 3 nitrogen and oxygen atoms in total. The highest BCUT2D eigenvalue weighted by Crippen LogP contribution is 2.28. The molecule has 0 amide bonds. The van der Waals surface area contributed by atoms with E-state index in [0.717, 1.165) is 31.5 Å². The number of rotatable bonds is 8. The van der Waals surface area contributed by atoms with Crippen LogP contribution in [0.25, 0.3) is 0 Å². The Morgan fingerprint density at radius 3 is 2.63 bits per heavy atom. The molecular weight excluding hydrogens is 236 g/mol. The molecule has 0 aromatic heterocycles. The molecule has 1 rings (SSSR count). The first-order valence-electron chi connectivity index (χ1n) is 8.04. The lowest BCUT2D eigenvalue weighted by atomic mass is 9.82. The monoisotopic (exact) mass is 270 g/mol. The lowest BCUT2D eigenvalue weighted by molar-refractivity contribution is 0.0627. The van der Waals surface area contributed by atoms with Gasteiger partial charge in [0.05, 0.1) is 6.61 Å². The number of likely N-dealkylation sites (N-methyl/N-ethyl adjacent to an activating group) is 1. The molecule has 0 aliphatic heterocycles. The van der Waals surface area contributed by atoms with E-state index in [4.69, 9.17) is 4.74 Å². The van der Waals surface area contributed by atoms with E-state index in [1.54, 1.807) is 7.11 Å². The quantitative estimate of drug-likeness (QED) is 0.734. The molecule has 1 fully saturated rings. The molecule has 3 unspecified atom stereocenters. The fourth-order valence-corrected chi connectivity index (χ4v) is 3.32. The van der Waals surface area contributed by atoms with E-state index in [2.05, 4.69) is 37.9 Å². The summed E-state index contributed by atoms with van der Waals surface area (Å²) in [5.41, 5.74) is 0. The van der Waals surface area contributed by atoms with Gasteiger partial charge >= 0.3 is 0 Å². The maximum Gasteiger partial charge on any atom is 0.0589 e. The summed E-state index contributed by atoms with van der Waals surface area (Å²) in [7, 11) is 1.80. The van der Waals surface area contributed by atoms with Crippen molar-refractivity contribution in [1.82, 2.24) is 10.2 Å². The van der Waals surface area contributed by atoms with Crippen molar-refractivity contribution >= 4 is 0 Å². The molecule has 19 heavy (non-hydrogen) atoms. The predicted molar refractivity (Wildman–Crippen MR) is 82.6 cm³/mol. The van der Waals surface area contributed by atoms with Crippen LogP contribution in [0, 0.1) is 11.8 Å². The summed E-state index contributed by atoms with van der Waals surface area (Å²) >= 11 is 0. The fraction of sp³-hybridized carbons (Fsp3) is 1.00. The molecule has 1 saturated carbocycles. The van der Waals surface area contributed by atoms with Crippen LogP contribution in [0.1, 0.15) is 47.0 Å². The number of hydrogen-bond acceptors (Lipinski definition) is 3. The van der Waals surface area contributed by atoms with Crippen LogP contribution in [0.2, 0.25) is 0 Å². The Kier molecular flexibility index (Phi) is 7.96. The molecule has 0 saturated heterocycles. The maximum atomic E-state index is 5.30. The summed E-state index contributed by atoms with van der Waals surface area (Å²) in [6.07, 6.45) is 4.02. The van der Waals surface area contributed by atoms with Gasteiger partial charge in [-0.1, -0.05) is 27.7 Å². The normalized spacial score (nSPS) is 28.3. The van der Waals surface area contributed by atoms with Gasteiger partial charge in [0.2, 0.25) is 0 Å². The second-order valence-electron chi connectivity index (χ2n) is 6.53. The first-order chi connectivity index (χ1) is 9.08. The molecule has 1 N–H and O–H groups in total.